The van der Waals surface area contributed by atoms with Crippen molar-refractivity contribution in [1.29, 1.82) is 0 Å². The molecule has 2 atom stereocenters. The Bertz CT molecular complexity index is 1060. The zero-order valence-corrected chi connectivity index (χ0v) is 15.2. The fourth-order valence-electron chi connectivity index (χ4n) is 4.38. The van der Waals surface area contributed by atoms with Crippen LogP contribution in [0.1, 0.15) is 58.1 Å². The van der Waals surface area contributed by atoms with Crippen molar-refractivity contribution in [3.63, 3.8) is 0 Å². The van der Waals surface area contributed by atoms with Crippen molar-refractivity contribution in [2.24, 2.45) is 0 Å². The van der Waals surface area contributed by atoms with E-state index < -0.39 is 5.60 Å². The average molecular weight is 340 g/mol. The summed E-state index contributed by atoms with van der Waals surface area (Å²) in [7, 11) is 0. The van der Waals surface area contributed by atoms with Crippen molar-refractivity contribution in [3.8, 4) is 11.1 Å². The lowest BCUT2D eigenvalue weighted by atomic mass is 9.77. The Morgan fingerprint density at radius 2 is 1.50 bits per heavy atom. The van der Waals surface area contributed by atoms with Gasteiger partial charge in [-0.25, -0.2) is 0 Å². The van der Waals surface area contributed by atoms with E-state index in [1.165, 1.54) is 33.4 Å². The average Bonchev–Trinajstić information content (AvgIpc) is 3.11. The van der Waals surface area contributed by atoms with Crippen LogP contribution >= 0.6 is 0 Å². The van der Waals surface area contributed by atoms with E-state index in [4.69, 9.17) is 4.74 Å². The molecule has 2 heterocycles. The molecule has 2 aliphatic heterocycles. The van der Waals surface area contributed by atoms with Crippen LogP contribution in [-0.4, -0.2) is 5.78 Å². The smallest absolute Gasteiger partial charge is 0.159 e. The largest absolute Gasteiger partial charge is 0.353 e. The van der Waals surface area contributed by atoms with E-state index in [0.29, 0.717) is 0 Å². The number of Topliss-reactive ketones (excluding diaryl/α,β-unsaturated/α-hetero) is 1. The number of fused-ring (bicyclic) bond motifs is 8. The lowest BCUT2D eigenvalue weighted by Crippen LogP contribution is -2.20. The minimum atomic E-state index is -0.420. The summed E-state index contributed by atoms with van der Waals surface area (Å²) in [6.45, 7) is 5.85. The molecule has 0 fully saturated rings. The Morgan fingerprint density at radius 3 is 2.19 bits per heavy atom. The highest BCUT2D eigenvalue weighted by atomic mass is 16.5. The van der Waals surface area contributed by atoms with Crippen LogP contribution in [0.15, 0.2) is 60.7 Å². The summed E-state index contributed by atoms with van der Waals surface area (Å²) >= 11 is 0. The van der Waals surface area contributed by atoms with Crippen molar-refractivity contribution in [1.82, 2.24) is 0 Å². The number of aryl methyl sites for hydroxylation is 1. The maximum atomic E-state index is 11.8. The van der Waals surface area contributed by atoms with E-state index in [1.54, 1.807) is 6.92 Å². The van der Waals surface area contributed by atoms with Gasteiger partial charge in [0.2, 0.25) is 0 Å². The van der Waals surface area contributed by atoms with E-state index in [-0.39, 0.29) is 11.9 Å². The second kappa shape index (κ2) is 5.15. The number of ether oxygens (including phenoxy) is 1. The molecular weight excluding hydrogens is 320 g/mol. The number of hydrogen-bond donors (Lipinski definition) is 0. The van der Waals surface area contributed by atoms with Gasteiger partial charge in [0.15, 0.2) is 5.78 Å². The highest BCUT2D eigenvalue weighted by molar-refractivity contribution is 5.94. The fraction of sp³-hybridized carbons (Fsp3) is 0.208. The first kappa shape index (κ1) is 15.5. The molecule has 2 heteroatoms. The van der Waals surface area contributed by atoms with Crippen LogP contribution in [0.25, 0.3) is 11.1 Å². The second-order valence-corrected chi connectivity index (χ2v) is 7.56. The standard InChI is InChI=1S/C24H20O2/c1-14-4-6-16(7-5-14)18-9-11-22-20(13-18)23-19-12-17(15(2)25)8-10-21(19)24(22,3)26-23/h4-13,23H,1-3H3. The van der Waals surface area contributed by atoms with Crippen LogP contribution < -0.4 is 0 Å². The van der Waals surface area contributed by atoms with Crippen LogP contribution in [-0.2, 0) is 10.3 Å². The number of benzene rings is 3. The molecule has 2 nitrogen and oxygen atoms in total. The first-order chi connectivity index (χ1) is 12.5. The molecule has 0 amide bonds. The van der Waals surface area contributed by atoms with E-state index in [9.17, 15) is 4.79 Å². The number of rotatable bonds is 2. The molecule has 2 bridgehead atoms. The second-order valence-electron chi connectivity index (χ2n) is 7.56. The Kier molecular flexibility index (Phi) is 3.08. The molecule has 0 saturated carbocycles. The summed E-state index contributed by atoms with van der Waals surface area (Å²) in [4.78, 5) is 11.8. The number of carbonyl (C=O) groups excluding carboxylic acids is 1. The van der Waals surface area contributed by atoms with E-state index in [1.807, 2.05) is 12.1 Å². The van der Waals surface area contributed by atoms with Gasteiger partial charge in [-0.1, -0.05) is 54.1 Å². The topological polar surface area (TPSA) is 26.3 Å². The minimum absolute atomic E-state index is 0.0882. The Morgan fingerprint density at radius 1 is 0.885 bits per heavy atom. The van der Waals surface area contributed by atoms with Gasteiger partial charge in [-0.2, -0.15) is 0 Å². The molecule has 0 aliphatic carbocycles. The molecule has 26 heavy (non-hydrogen) atoms. The van der Waals surface area contributed by atoms with Gasteiger partial charge in [0, 0.05) is 5.56 Å². The molecule has 128 valence electrons. The lowest BCUT2D eigenvalue weighted by molar-refractivity contribution is 0.00901. The highest BCUT2D eigenvalue weighted by Crippen LogP contribution is 2.58. The van der Waals surface area contributed by atoms with Crippen molar-refractivity contribution in [2.45, 2.75) is 32.5 Å². The molecule has 2 unspecified atom stereocenters. The third kappa shape index (κ3) is 1.99. The van der Waals surface area contributed by atoms with Gasteiger partial charge in [-0.3, -0.25) is 4.79 Å². The number of carbonyl (C=O) groups is 1. The van der Waals surface area contributed by atoms with Crippen LogP contribution in [0.5, 0.6) is 0 Å². The quantitative estimate of drug-likeness (QED) is 0.571. The Hall–Kier alpha value is -2.71. The molecular formula is C24H20O2. The van der Waals surface area contributed by atoms with Gasteiger partial charge >= 0.3 is 0 Å². The predicted octanol–water partition coefficient (Wildman–Crippen LogP) is 5.56. The van der Waals surface area contributed by atoms with Crippen molar-refractivity contribution in [3.05, 3.63) is 94.0 Å². The minimum Gasteiger partial charge on any atom is -0.353 e. The normalized spacial score (nSPS) is 22.2. The Balaban J connectivity index is 1.65. The number of ketones is 1. The summed E-state index contributed by atoms with van der Waals surface area (Å²) in [5, 5.41) is 0. The molecule has 3 aromatic carbocycles. The number of hydrogen-bond acceptors (Lipinski definition) is 2. The summed E-state index contributed by atoms with van der Waals surface area (Å²) in [6, 6.07) is 21.2. The van der Waals surface area contributed by atoms with E-state index in [0.717, 1.165) is 11.1 Å². The van der Waals surface area contributed by atoms with Crippen LogP contribution in [0, 0.1) is 6.92 Å². The zero-order chi connectivity index (χ0) is 18.1. The van der Waals surface area contributed by atoms with Crippen LogP contribution in [0.2, 0.25) is 0 Å². The van der Waals surface area contributed by atoms with Gasteiger partial charge in [-0.15, -0.1) is 0 Å². The predicted molar refractivity (Wildman–Crippen MR) is 102 cm³/mol. The summed E-state index contributed by atoms with van der Waals surface area (Å²) in [6.07, 6.45) is -0.0882. The van der Waals surface area contributed by atoms with Crippen molar-refractivity contribution >= 4 is 5.78 Å². The van der Waals surface area contributed by atoms with Gasteiger partial charge in [-0.05, 0) is 66.3 Å². The molecule has 2 aliphatic rings. The summed E-state index contributed by atoms with van der Waals surface area (Å²) in [5.74, 6) is 0.0920. The van der Waals surface area contributed by atoms with Crippen molar-refractivity contribution < 1.29 is 9.53 Å². The SMILES string of the molecule is CC(=O)c1ccc2c(c1)C1OC2(C)c2ccc(-c3ccc(C)cc3)cc21. The molecule has 5 rings (SSSR count). The van der Waals surface area contributed by atoms with E-state index >= 15 is 0 Å². The van der Waals surface area contributed by atoms with Crippen molar-refractivity contribution in [2.75, 3.05) is 0 Å². The molecule has 0 spiro atoms. The van der Waals surface area contributed by atoms with Crippen LogP contribution in [0.3, 0.4) is 0 Å². The first-order valence-electron chi connectivity index (χ1n) is 9.02. The zero-order valence-electron chi connectivity index (χ0n) is 15.2. The Labute approximate surface area is 153 Å². The maximum absolute atomic E-state index is 11.8. The fourth-order valence-corrected chi connectivity index (χ4v) is 4.38. The molecule has 0 saturated heterocycles. The monoisotopic (exact) mass is 340 g/mol. The summed E-state index contributed by atoms with van der Waals surface area (Å²) < 4.78 is 6.43. The van der Waals surface area contributed by atoms with Gasteiger partial charge in [0.05, 0.1) is 0 Å². The highest BCUT2D eigenvalue weighted by Gasteiger charge is 2.51. The van der Waals surface area contributed by atoms with E-state index in [2.05, 4.69) is 62.4 Å². The third-order valence-corrected chi connectivity index (χ3v) is 5.84. The maximum Gasteiger partial charge on any atom is 0.159 e. The van der Waals surface area contributed by atoms with Gasteiger partial charge < -0.3 is 4.74 Å². The van der Waals surface area contributed by atoms with Gasteiger partial charge in [0.1, 0.15) is 11.7 Å². The molecule has 0 aromatic heterocycles. The lowest BCUT2D eigenvalue weighted by Gasteiger charge is -2.25. The van der Waals surface area contributed by atoms with Gasteiger partial charge in [0.25, 0.3) is 0 Å². The third-order valence-electron chi connectivity index (χ3n) is 5.84. The van der Waals surface area contributed by atoms with Crippen LogP contribution in [0.4, 0.5) is 0 Å². The molecule has 3 aromatic rings. The summed E-state index contributed by atoms with van der Waals surface area (Å²) in [5.41, 5.74) is 8.78. The molecule has 0 radical (unpaired) electrons. The molecule has 0 N–H and O–H groups in total. The first-order valence-corrected chi connectivity index (χ1v) is 9.02.